The summed E-state index contributed by atoms with van der Waals surface area (Å²) in [7, 11) is 0. The Labute approximate surface area is 118 Å². The lowest BCUT2D eigenvalue weighted by atomic mass is 10.2. The normalized spacial score (nSPS) is 12.5. The van der Waals surface area contributed by atoms with Crippen LogP contribution in [0.2, 0.25) is 10.0 Å². The standard InChI is InChI=1S/C13H19Cl2NO2/c1-3-4-18-13-10(8-16-7-9(2)17)5-11(14)6-12(13)15/h5-6,9,16-17H,3-4,7-8H2,1-2H3/t9-/m0/s1. The third-order valence-electron chi connectivity index (χ3n) is 2.29. The second-order valence-electron chi connectivity index (χ2n) is 4.20. The number of hydrogen-bond donors (Lipinski definition) is 2. The Morgan fingerprint density at radius 2 is 2.11 bits per heavy atom. The number of aliphatic hydroxyl groups is 1. The maximum Gasteiger partial charge on any atom is 0.142 e. The topological polar surface area (TPSA) is 41.5 Å². The van der Waals surface area contributed by atoms with Gasteiger partial charge in [0.25, 0.3) is 0 Å². The van der Waals surface area contributed by atoms with E-state index >= 15 is 0 Å². The maximum atomic E-state index is 9.20. The Hall–Kier alpha value is -0.480. The first-order valence-electron chi connectivity index (χ1n) is 6.04. The van der Waals surface area contributed by atoms with Crippen molar-refractivity contribution in [1.29, 1.82) is 0 Å². The van der Waals surface area contributed by atoms with Crippen LogP contribution < -0.4 is 10.1 Å². The lowest BCUT2D eigenvalue weighted by Crippen LogP contribution is -2.24. The molecular formula is C13H19Cl2NO2. The van der Waals surface area contributed by atoms with E-state index in [1.165, 1.54) is 0 Å². The molecule has 3 nitrogen and oxygen atoms in total. The number of nitrogens with one attached hydrogen (secondary N) is 1. The quantitative estimate of drug-likeness (QED) is 0.810. The van der Waals surface area contributed by atoms with Crippen LogP contribution >= 0.6 is 23.2 Å². The Morgan fingerprint density at radius 3 is 2.72 bits per heavy atom. The molecule has 0 unspecified atom stereocenters. The van der Waals surface area contributed by atoms with Crippen molar-refractivity contribution in [3.63, 3.8) is 0 Å². The molecule has 0 saturated carbocycles. The SMILES string of the molecule is CCCOc1c(Cl)cc(Cl)cc1CNC[C@H](C)O. The van der Waals surface area contributed by atoms with Crippen molar-refractivity contribution in [1.82, 2.24) is 5.32 Å². The summed E-state index contributed by atoms with van der Waals surface area (Å²) in [6, 6.07) is 3.50. The van der Waals surface area contributed by atoms with E-state index in [0.29, 0.717) is 35.5 Å². The van der Waals surface area contributed by atoms with E-state index < -0.39 is 0 Å². The highest BCUT2D eigenvalue weighted by molar-refractivity contribution is 6.35. The third kappa shape index (κ3) is 5.02. The van der Waals surface area contributed by atoms with Crippen LogP contribution in [0.25, 0.3) is 0 Å². The van der Waals surface area contributed by atoms with E-state index in [0.717, 1.165) is 12.0 Å². The van der Waals surface area contributed by atoms with Crippen molar-refractivity contribution in [2.24, 2.45) is 0 Å². The van der Waals surface area contributed by atoms with Crippen molar-refractivity contribution in [2.45, 2.75) is 32.9 Å². The Morgan fingerprint density at radius 1 is 1.39 bits per heavy atom. The molecule has 18 heavy (non-hydrogen) atoms. The maximum absolute atomic E-state index is 9.20. The summed E-state index contributed by atoms with van der Waals surface area (Å²) < 4.78 is 5.64. The summed E-state index contributed by atoms with van der Waals surface area (Å²) in [5, 5.41) is 13.4. The molecule has 0 radical (unpaired) electrons. The number of ether oxygens (including phenoxy) is 1. The van der Waals surface area contributed by atoms with E-state index in [2.05, 4.69) is 5.32 Å². The third-order valence-corrected chi connectivity index (χ3v) is 2.79. The second kappa shape index (κ2) is 7.85. The van der Waals surface area contributed by atoms with Gasteiger partial charge in [-0.05, 0) is 25.5 Å². The monoisotopic (exact) mass is 291 g/mol. The van der Waals surface area contributed by atoms with Crippen LogP contribution in [0.4, 0.5) is 0 Å². The molecule has 0 fully saturated rings. The minimum absolute atomic E-state index is 0.389. The molecule has 5 heteroatoms. The van der Waals surface area contributed by atoms with Gasteiger partial charge < -0.3 is 15.2 Å². The van der Waals surface area contributed by atoms with Gasteiger partial charge in [-0.3, -0.25) is 0 Å². The molecule has 0 aliphatic heterocycles. The van der Waals surface area contributed by atoms with E-state index in [-0.39, 0.29) is 6.10 Å². The van der Waals surface area contributed by atoms with E-state index in [1.54, 1.807) is 13.0 Å². The van der Waals surface area contributed by atoms with Crippen molar-refractivity contribution in [2.75, 3.05) is 13.2 Å². The van der Waals surface area contributed by atoms with Crippen molar-refractivity contribution in [3.05, 3.63) is 27.7 Å². The fourth-order valence-corrected chi connectivity index (χ4v) is 2.12. The van der Waals surface area contributed by atoms with E-state index in [1.807, 2.05) is 13.0 Å². The Bertz CT molecular complexity index is 383. The summed E-state index contributed by atoms with van der Waals surface area (Å²) in [5.74, 6) is 0.668. The van der Waals surface area contributed by atoms with Crippen LogP contribution in [0.3, 0.4) is 0 Å². The van der Waals surface area contributed by atoms with Crippen molar-refractivity contribution in [3.8, 4) is 5.75 Å². The average Bonchev–Trinajstić information content (AvgIpc) is 2.27. The highest BCUT2D eigenvalue weighted by atomic mass is 35.5. The van der Waals surface area contributed by atoms with Gasteiger partial charge in [0, 0.05) is 23.7 Å². The second-order valence-corrected chi connectivity index (χ2v) is 5.05. The molecule has 0 aliphatic rings. The van der Waals surface area contributed by atoms with Crippen LogP contribution in [0.5, 0.6) is 5.75 Å². The molecule has 1 aromatic rings. The molecule has 1 rings (SSSR count). The van der Waals surface area contributed by atoms with E-state index in [9.17, 15) is 5.11 Å². The van der Waals surface area contributed by atoms with Crippen LogP contribution in [0, 0.1) is 0 Å². The van der Waals surface area contributed by atoms with Gasteiger partial charge in [0.05, 0.1) is 17.7 Å². The van der Waals surface area contributed by atoms with Gasteiger partial charge in [0.2, 0.25) is 0 Å². The summed E-state index contributed by atoms with van der Waals surface area (Å²) in [4.78, 5) is 0. The van der Waals surface area contributed by atoms with Gasteiger partial charge >= 0.3 is 0 Å². The summed E-state index contributed by atoms with van der Waals surface area (Å²) >= 11 is 12.1. The summed E-state index contributed by atoms with van der Waals surface area (Å²) in [5.41, 5.74) is 0.904. The fraction of sp³-hybridized carbons (Fsp3) is 0.538. The predicted molar refractivity (Wildman–Crippen MR) is 75.6 cm³/mol. The first-order chi connectivity index (χ1) is 8.54. The molecule has 0 heterocycles. The van der Waals surface area contributed by atoms with E-state index in [4.69, 9.17) is 27.9 Å². The number of rotatable bonds is 7. The van der Waals surface area contributed by atoms with Gasteiger partial charge in [0.1, 0.15) is 5.75 Å². The van der Waals surface area contributed by atoms with Crippen LogP contribution in [-0.2, 0) is 6.54 Å². The van der Waals surface area contributed by atoms with Gasteiger partial charge in [-0.2, -0.15) is 0 Å². The molecule has 0 aliphatic carbocycles. The average molecular weight is 292 g/mol. The molecule has 102 valence electrons. The summed E-state index contributed by atoms with van der Waals surface area (Å²) in [6.07, 6.45) is 0.527. The highest BCUT2D eigenvalue weighted by Gasteiger charge is 2.10. The number of benzene rings is 1. The number of halogens is 2. The molecule has 0 saturated heterocycles. The van der Waals surface area contributed by atoms with Crippen LogP contribution in [-0.4, -0.2) is 24.4 Å². The minimum atomic E-state index is -0.389. The molecule has 2 N–H and O–H groups in total. The number of aliphatic hydroxyl groups excluding tert-OH is 1. The molecule has 0 aromatic heterocycles. The van der Waals surface area contributed by atoms with Gasteiger partial charge in [-0.1, -0.05) is 30.1 Å². The van der Waals surface area contributed by atoms with Crippen LogP contribution in [0.15, 0.2) is 12.1 Å². The number of hydrogen-bond acceptors (Lipinski definition) is 3. The molecule has 0 amide bonds. The smallest absolute Gasteiger partial charge is 0.142 e. The zero-order chi connectivity index (χ0) is 13.5. The zero-order valence-electron chi connectivity index (χ0n) is 10.7. The van der Waals surface area contributed by atoms with Crippen molar-refractivity contribution < 1.29 is 9.84 Å². The lowest BCUT2D eigenvalue weighted by molar-refractivity contribution is 0.190. The lowest BCUT2D eigenvalue weighted by Gasteiger charge is -2.14. The molecule has 0 bridgehead atoms. The summed E-state index contributed by atoms with van der Waals surface area (Å²) in [6.45, 7) is 5.45. The van der Waals surface area contributed by atoms with Crippen molar-refractivity contribution >= 4 is 23.2 Å². The Kier molecular flexibility index (Phi) is 6.79. The van der Waals surface area contributed by atoms with Gasteiger partial charge in [-0.15, -0.1) is 0 Å². The van der Waals surface area contributed by atoms with Crippen LogP contribution in [0.1, 0.15) is 25.8 Å². The minimum Gasteiger partial charge on any atom is -0.492 e. The van der Waals surface area contributed by atoms with Gasteiger partial charge in [0.15, 0.2) is 0 Å². The van der Waals surface area contributed by atoms with Gasteiger partial charge in [-0.25, -0.2) is 0 Å². The first-order valence-corrected chi connectivity index (χ1v) is 6.79. The first kappa shape index (κ1) is 15.6. The zero-order valence-corrected chi connectivity index (χ0v) is 12.2. The Balaban J connectivity index is 2.78. The highest BCUT2D eigenvalue weighted by Crippen LogP contribution is 2.32. The molecule has 1 atom stereocenters. The molecule has 1 aromatic carbocycles. The predicted octanol–water partition coefficient (Wildman–Crippen LogP) is 3.25. The largest absolute Gasteiger partial charge is 0.492 e. The molecular weight excluding hydrogens is 273 g/mol. The fourth-order valence-electron chi connectivity index (χ4n) is 1.53. The molecule has 0 spiro atoms.